The van der Waals surface area contributed by atoms with Gasteiger partial charge in [-0.3, -0.25) is 4.57 Å². The summed E-state index contributed by atoms with van der Waals surface area (Å²) in [5.41, 5.74) is 9.47. The van der Waals surface area contributed by atoms with Gasteiger partial charge < -0.3 is 30.8 Å². The van der Waals surface area contributed by atoms with E-state index < -0.39 is 0 Å². The Balaban J connectivity index is 1.42. The maximum absolute atomic E-state index is 12.6. The van der Waals surface area contributed by atoms with Crippen molar-refractivity contribution in [2.75, 3.05) is 37.9 Å². The van der Waals surface area contributed by atoms with Crippen molar-refractivity contribution in [2.24, 2.45) is 0 Å². The summed E-state index contributed by atoms with van der Waals surface area (Å²) in [5.74, 6) is 0.881. The van der Waals surface area contributed by atoms with E-state index in [-0.39, 0.29) is 24.1 Å². The zero-order chi connectivity index (χ0) is 25.3. The Morgan fingerprint density at radius 1 is 1.08 bits per heavy atom. The van der Waals surface area contributed by atoms with Gasteiger partial charge in [-0.1, -0.05) is 31.5 Å². The summed E-state index contributed by atoms with van der Waals surface area (Å²) >= 11 is 0. The van der Waals surface area contributed by atoms with Gasteiger partial charge in [0.05, 0.1) is 19.8 Å². The lowest BCUT2D eigenvalue weighted by molar-refractivity contribution is 0.199. The number of pyridine rings is 1. The van der Waals surface area contributed by atoms with Crippen LogP contribution in [0.15, 0.2) is 47.4 Å². The first-order valence-electron chi connectivity index (χ1n) is 12.0. The molecule has 0 aliphatic rings. The fourth-order valence-corrected chi connectivity index (χ4v) is 3.59. The summed E-state index contributed by atoms with van der Waals surface area (Å²) in [6.07, 6.45) is 3.59. The Hall–Kier alpha value is -3.96. The number of methoxy groups -OCH3 is 1. The van der Waals surface area contributed by atoms with Gasteiger partial charge in [0.25, 0.3) is 0 Å². The van der Waals surface area contributed by atoms with Crippen LogP contribution in [0.25, 0.3) is 11.2 Å². The lowest BCUT2D eigenvalue weighted by Crippen LogP contribution is -2.18. The highest BCUT2D eigenvalue weighted by Gasteiger charge is 2.15. The Morgan fingerprint density at radius 2 is 1.89 bits per heavy atom. The molecule has 4 aromatic rings. The predicted octanol–water partition coefficient (Wildman–Crippen LogP) is 2.80. The van der Waals surface area contributed by atoms with Crippen LogP contribution in [0.5, 0.6) is 6.01 Å². The molecular weight excluding hydrogens is 460 g/mol. The molecule has 0 atom stereocenters. The summed E-state index contributed by atoms with van der Waals surface area (Å²) in [6, 6.07) is 12.1. The van der Waals surface area contributed by atoms with Gasteiger partial charge in [-0.2, -0.15) is 9.97 Å². The maximum atomic E-state index is 12.6. The van der Waals surface area contributed by atoms with Crippen LogP contribution in [-0.2, 0) is 17.8 Å². The number of hydrogen-bond acceptors (Lipinski definition) is 9. The van der Waals surface area contributed by atoms with Crippen molar-refractivity contribution >= 4 is 28.5 Å². The number of nitrogens with one attached hydrogen (secondary N) is 3. The number of fused-ring (bicyclic) bond motifs is 1. The molecule has 0 aliphatic carbocycles. The van der Waals surface area contributed by atoms with E-state index in [2.05, 4.69) is 49.6 Å². The molecule has 5 N–H and O–H groups in total. The van der Waals surface area contributed by atoms with E-state index in [1.165, 1.54) is 10.1 Å². The van der Waals surface area contributed by atoms with Crippen LogP contribution in [0, 0.1) is 0 Å². The van der Waals surface area contributed by atoms with Crippen LogP contribution >= 0.6 is 0 Å². The number of imidazole rings is 1. The minimum atomic E-state index is -0.323. The second-order valence-corrected chi connectivity index (χ2v) is 8.35. The normalized spacial score (nSPS) is 11.2. The van der Waals surface area contributed by atoms with Crippen molar-refractivity contribution in [3.05, 3.63) is 64.2 Å². The van der Waals surface area contributed by atoms with Gasteiger partial charge in [0, 0.05) is 32.1 Å². The molecule has 11 heteroatoms. The van der Waals surface area contributed by atoms with Crippen LogP contribution in [0.2, 0.25) is 0 Å². The molecule has 190 valence electrons. The van der Waals surface area contributed by atoms with E-state index in [9.17, 15) is 4.79 Å². The minimum absolute atomic E-state index is 0.163. The third kappa shape index (κ3) is 6.37. The lowest BCUT2D eigenvalue weighted by atomic mass is 10.2. The van der Waals surface area contributed by atoms with Crippen molar-refractivity contribution in [3.8, 4) is 6.01 Å². The SMILES string of the molecule is CCCCOc1nc(N)c2[nH]c(=O)n(Cc3ccc(Nc4ccc(CNCCOC)cc4)nc3)c2n1. The first kappa shape index (κ1) is 25.1. The van der Waals surface area contributed by atoms with Crippen molar-refractivity contribution in [1.82, 2.24) is 29.8 Å². The van der Waals surface area contributed by atoms with Crippen molar-refractivity contribution in [3.63, 3.8) is 0 Å². The molecule has 0 unspecified atom stereocenters. The Kier molecular flexibility index (Phi) is 8.48. The van der Waals surface area contributed by atoms with Crippen molar-refractivity contribution in [2.45, 2.75) is 32.9 Å². The molecule has 1 aromatic carbocycles. The van der Waals surface area contributed by atoms with E-state index in [0.717, 1.165) is 37.2 Å². The number of hydrogen-bond donors (Lipinski definition) is 4. The summed E-state index contributed by atoms with van der Waals surface area (Å²) < 4.78 is 12.1. The summed E-state index contributed by atoms with van der Waals surface area (Å²) in [7, 11) is 1.69. The third-order valence-electron chi connectivity index (χ3n) is 5.56. The Bertz CT molecular complexity index is 1320. The zero-order valence-electron chi connectivity index (χ0n) is 20.6. The molecule has 0 bridgehead atoms. The molecule has 36 heavy (non-hydrogen) atoms. The van der Waals surface area contributed by atoms with Gasteiger partial charge in [0.2, 0.25) is 0 Å². The average Bonchev–Trinajstić information content (AvgIpc) is 3.20. The quantitative estimate of drug-likeness (QED) is 0.207. The number of ether oxygens (including phenoxy) is 2. The third-order valence-corrected chi connectivity index (χ3v) is 5.56. The number of anilines is 3. The van der Waals surface area contributed by atoms with Gasteiger partial charge in [-0.05, 0) is 35.7 Å². The average molecular weight is 493 g/mol. The second-order valence-electron chi connectivity index (χ2n) is 8.35. The first-order chi connectivity index (χ1) is 17.6. The fraction of sp³-hybridized carbons (Fsp3) is 0.360. The van der Waals surface area contributed by atoms with Gasteiger partial charge in [-0.15, -0.1) is 0 Å². The van der Waals surface area contributed by atoms with E-state index >= 15 is 0 Å². The zero-order valence-corrected chi connectivity index (χ0v) is 20.6. The van der Waals surface area contributed by atoms with Crippen LogP contribution in [0.1, 0.15) is 30.9 Å². The molecule has 0 amide bonds. The van der Waals surface area contributed by atoms with Gasteiger partial charge in [0.15, 0.2) is 11.5 Å². The van der Waals surface area contributed by atoms with Crippen LogP contribution < -0.4 is 26.8 Å². The largest absolute Gasteiger partial charge is 0.463 e. The summed E-state index contributed by atoms with van der Waals surface area (Å²) in [5, 5.41) is 6.62. The number of unbranched alkanes of at least 4 members (excludes halogenated alkanes) is 1. The van der Waals surface area contributed by atoms with Gasteiger partial charge >= 0.3 is 11.7 Å². The number of nitrogens with two attached hydrogens (primary N) is 1. The predicted molar refractivity (Wildman–Crippen MR) is 140 cm³/mol. The van der Waals surface area contributed by atoms with Gasteiger partial charge in [-0.25, -0.2) is 9.78 Å². The maximum Gasteiger partial charge on any atom is 0.328 e. The Labute approximate surface area is 209 Å². The smallest absolute Gasteiger partial charge is 0.328 e. The molecule has 0 fully saturated rings. The molecule has 0 aliphatic heterocycles. The summed E-state index contributed by atoms with van der Waals surface area (Å²) in [4.78, 5) is 28.4. The number of nitrogens with zero attached hydrogens (tertiary/aromatic N) is 4. The van der Waals surface area contributed by atoms with E-state index in [4.69, 9.17) is 15.2 Å². The van der Waals surface area contributed by atoms with E-state index in [1.807, 2.05) is 24.3 Å². The topological polar surface area (TPSA) is 145 Å². The number of aromatic nitrogens is 5. The Morgan fingerprint density at radius 3 is 2.61 bits per heavy atom. The fourth-order valence-electron chi connectivity index (χ4n) is 3.59. The first-order valence-corrected chi connectivity index (χ1v) is 12.0. The molecule has 0 spiro atoms. The number of aromatic amines is 1. The number of nitrogen functional groups attached to an aromatic ring is 1. The number of H-pyrrole nitrogens is 1. The second kappa shape index (κ2) is 12.1. The molecule has 0 saturated heterocycles. The molecule has 0 saturated carbocycles. The van der Waals surface area contributed by atoms with E-state index in [0.29, 0.717) is 30.2 Å². The van der Waals surface area contributed by atoms with Crippen LogP contribution in [0.4, 0.5) is 17.3 Å². The lowest BCUT2D eigenvalue weighted by Gasteiger charge is -2.09. The molecule has 11 nitrogen and oxygen atoms in total. The number of benzene rings is 1. The molecule has 0 radical (unpaired) electrons. The highest BCUT2D eigenvalue weighted by atomic mass is 16.5. The molecular formula is C25H32N8O3. The van der Waals surface area contributed by atoms with Crippen LogP contribution in [-0.4, -0.2) is 51.4 Å². The van der Waals surface area contributed by atoms with E-state index in [1.54, 1.807) is 13.3 Å². The molecule has 3 aromatic heterocycles. The van der Waals surface area contributed by atoms with Gasteiger partial charge in [0.1, 0.15) is 11.3 Å². The monoisotopic (exact) mass is 492 g/mol. The summed E-state index contributed by atoms with van der Waals surface area (Å²) in [6.45, 7) is 5.12. The minimum Gasteiger partial charge on any atom is -0.463 e. The van der Waals surface area contributed by atoms with Crippen molar-refractivity contribution in [1.29, 1.82) is 0 Å². The standard InChI is InChI=1S/C25H32N8O3/c1-3-4-12-36-24-31-22(26)21-23(32-24)33(25(34)30-21)16-18-7-10-20(28-15-18)29-19-8-5-17(6-9-19)14-27-11-13-35-2/h5-10,15,27H,3-4,11-14,16H2,1-2H3,(H,28,29)(H,30,34)(H2,26,31,32). The van der Waals surface area contributed by atoms with Crippen molar-refractivity contribution < 1.29 is 9.47 Å². The highest BCUT2D eigenvalue weighted by molar-refractivity contribution is 5.81. The molecule has 4 rings (SSSR count). The van der Waals surface area contributed by atoms with Crippen LogP contribution in [0.3, 0.4) is 0 Å². The number of rotatable bonds is 13. The highest BCUT2D eigenvalue weighted by Crippen LogP contribution is 2.20. The molecule has 3 heterocycles.